The van der Waals surface area contributed by atoms with Crippen molar-refractivity contribution in [2.24, 2.45) is 0 Å². The van der Waals surface area contributed by atoms with E-state index in [0.29, 0.717) is 13.1 Å². The number of fused-ring (bicyclic) bond motifs is 1. The zero-order valence-corrected chi connectivity index (χ0v) is 19.6. The molecule has 1 aliphatic rings. The number of nitrogens with one attached hydrogen (secondary N) is 1. The topological polar surface area (TPSA) is 67.2 Å². The maximum Gasteiger partial charge on any atom is 0.262 e. The molecule has 2 aromatic heterocycles. The van der Waals surface area contributed by atoms with Gasteiger partial charge in [0.2, 0.25) is 5.91 Å². The first-order chi connectivity index (χ1) is 13.5. The van der Waals surface area contributed by atoms with Crippen molar-refractivity contribution >= 4 is 27.5 Å². The number of hydrogen-bond donors (Lipinski definition) is 1. The number of nitrogens with zero attached hydrogens (tertiary/aromatic N) is 3. The van der Waals surface area contributed by atoms with Gasteiger partial charge in [-0.3, -0.25) is 19.1 Å². The monoisotopic (exact) mass is 418 g/mol. The molecular weight excluding hydrogens is 384 g/mol. The van der Waals surface area contributed by atoms with Gasteiger partial charge in [-0.05, 0) is 59.6 Å². The number of amides is 1. The molecule has 3 rings (SSSR count). The predicted molar refractivity (Wildman–Crippen MR) is 120 cm³/mol. The third-order valence-electron chi connectivity index (χ3n) is 5.51. The first-order valence-electron chi connectivity index (χ1n) is 10.5. The Kier molecular flexibility index (Phi) is 6.20. The summed E-state index contributed by atoms with van der Waals surface area (Å²) in [6.45, 7) is 16.2. The number of thiophene rings is 1. The van der Waals surface area contributed by atoms with E-state index < -0.39 is 0 Å². The van der Waals surface area contributed by atoms with Gasteiger partial charge >= 0.3 is 0 Å². The number of hydrogen-bond acceptors (Lipinski definition) is 5. The minimum atomic E-state index is -0.239. The van der Waals surface area contributed by atoms with Crippen LogP contribution in [-0.4, -0.2) is 45.5 Å². The molecule has 0 radical (unpaired) electrons. The van der Waals surface area contributed by atoms with Gasteiger partial charge in [-0.15, -0.1) is 11.3 Å². The molecule has 0 aromatic carbocycles. The van der Waals surface area contributed by atoms with Crippen LogP contribution in [-0.2, 0) is 4.79 Å². The first-order valence-corrected chi connectivity index (χ1v) is 11.3. The molecule has 2 aromatic rings. The zero-order valence-electron chi connectivity index (χ0n) is 18.8. The Morgan fingerprint density at radius 2 is 2.00 bits per heavy atom. The lowest BCUT2D eigenvalue weighted by Crippen LogP contribution is -2.49. The van der Waals surface area contributed by atoms with Gasteiger partial charge in [-0.2, -0.15) is 0 Å². The number of carbonyl (C=O) groups is 1. The van der Waals surface area contributed by atoms with Crippen molar-refractivity contribution in [3.63, 3.8) is 0 Å². The normalized spacial score (nSPS) is 18.6. The lowest BCUT2D eigenvalue weighted by molar-refractivity contribution is -0.124. The Hall–Kier alpha value is -1.73. The third kappa shape index (κ3) is 4.72. The quantitative estimate of drug-likeness (QED) is 0.821. The lowest BCUT2D eigenvalue weighted by Gasteiger charge is -2.35. The molecule has 1 amide bonds. The largest absolute Gasteiger partial charge is 0.350 e. The van der Waals surface area contributed by atoms with Gasteiger partial charge in [0.25, 0.3) is 5.56 Å². The molecule has 0 saturated carbocycles. The minimum absolute atomic E-state index is 0.0347. The molecule has 160 valence electrons. The summed E-state index contributed by atoms with van der Waals surface area (Å²) in [6.07, 6.45) is 1.91. The van der Waals surface area contributed by atoms with E-state index in [1.807, 2.05) is 32.3 Å². The van der Waals surface area contributed by atoms with Crippen molar-refractivity contribution in [1.29, 1.82) is 0 Å². The summed E-state index contributed by atoms with van der Waals surface area (Å²) >= 11 is 1.61. The molecule has 1 unspecified atom stereocenters. The van der Waals surface area contributed by atoms with Crippen LogP contribution in [0, 0.1) is 13.8 Å². The van der Waals surface area contributed by atoms with E-state index in [9.17, 15) is 9.59 Å². The number of aromatic nitrogens is 2. The van der Waals surface area contributed by atoms with Crippen LogP contribution in [0.2, 0.25) is 0 Å². The van der Waals surface area contributed by atoms with Crippen molar-refractivity contribution in [2.45, 2.75) is 78.8 Å². The molecule has 0 bridgehead atoms. The lowest BCUT2D eigenvalue weighted by atomic mass is 10.0. The van der Waals surface area contributed by atoms with E-state index in [0.717, 1.165) is 45.9 Å². The van der Waals surface area contributed by atoms with Crippen molar-refractivity contribution < 1.29 is 4.79 Å². The molecule has 0 aliphatic carbocycles. The summed E-state index contributed by atoms with van der Waals surface area (Å²) in [5.41, 5.74) is 0.882. The fraction of sp³-hybridized carbons (Fsp3) is 0.682. The highest BCUT2D eigenvalue weighted by Gasteiger charge is 2.28. The summed E-state index contributed by atoms with van der Waals surface area (Å²) in [7, 11) is 0. The van der Waals surface area contributed by atoms with Gasteiger partial charge in [0.05, 0.1) is 18.0 Å². The van der Waals surface area contributed by atoms with Crippen molar-refractivity contribution in [3.05, 3.63) is 26.6 Å². The highest BCUT2D eigenvalue weighted by atomic mass is 32.1. The molecule has 1 fully saturated rings. The van der Waals surface area contributed by atoms with Gasteiger partial charge in [0, 0.05) is 22.9 Å². The summed E-state index contributed by atoms with van der Waals surface area (Å²) in [5, 5.41) is 3.80. The standard InChI is InChI=1S/C22H34N4O2S/c1-13(2)19-23-20-18(14(3)15(4)29-20)21(28)26(19)16-9-8-10-25(11-16)12-17(27)24-22(5,6)7/h13,16H,8-12H2,1-7H3,(H,24,27). The van der Waals surface area contributed by atoms with Crippen LogP contribution in [0.4, 0.5) is 0 Å². The van der Waals surface area contributed by atoms with Crippen molar-refractivity contribution in [3.8, 4) is 0 Å². The van der Waals surface area contributed by atoms with Crippen LogP contribution in [0.25, 0.3) is 10.2 Å². The molecule has 1 N–H and O–H groups in total. The van der Waals surface area contributed by atoms with Crippen LogP contribution in [0.5, 0.6) is 0 Å². The number of piperidine rings is 1. The predicted octanol–water partition coefficient (Wildman–Crippen LogP) is 3.75. The molecule has 1 aliphatic heterocycles. The Labute approximate surface area is 177 Å². The van der Waals surface area contributed by atoms with Gasteiger partial charge in [-0.1, -0.05) is 13.8 Å². The van der Waals surface area contributed by atoms with Crippen molar-refractivity contribution in [2.75, 3.05) is 19.6 Å². The number of carbonyl (C=O) groups excluding carboxylic acids is 1. The second-order valence-corrected chi connectivity index (χ2v) is 10.8. The molecule has 0 spiro atoms. The number of aryl methyl sites for hydroxylation is 2. The molecule has 29 heavy (non-hydrogen) atoms. The van der Waals surface area contributed by atoms with E-state index in [1.54, 1.807) is 11.3 Å². The molecule has 7 heteroatoms. The fourth-order valence-electron chi connectivity index (χ4n) is 4.13. The number of rotatable bonds is 4. The Morgan fingerprint density at radius 3 is 2.62 bits per heavy atom. The number of likely N-dealkylation sites (tertiary alicyclic amines) is 1. The molecule has 6 nitrogen and oxygen atoms in total. The second-order valence-electron chi connectivity index (χ2n) is 9.59. The maximum atomic E-state index is 13.5. The van der Waals surface area contributed by atoms with E-state index in [2.05, 4.69) is 31.0 Å². The zero-order chi connectivity index (χ0) is 21.5. The van der Waals surface area contributed by atoms with Crippen LogP contribution >= 0.6 is 11.3 Å². The average Bonchev–Trinajstić information content (AvgIpc) is 2.87. The van der Waals surface area contributed by atoms with Crippen LogP contribution in [0.1, 0.15) is 75.7 Å². The molecule has 1 saturated heterocycles. The Bertz CT molecular complexity index is 968. The molecule has 1 atom stereocenters. The van der Waals surface area contributed by atoms with Crippen LogP contribution < -0.4 is 10.9 Å². The maximum absolute atomic E-state index is 13.5. The van der Waals surface area contributed by atoms with Crippen LogP contribution in [0.15, 0.2) is 4.79 Å². The van der Waals surface area contributed by atoms with Gasteiger partial charge in [-0.25, -0.2) is 4.98 Å². The Balaban J connectivity index is 1.94. The highest BCUT2D eigenvalue weighted by Crippen LogP contribution is 2.30. The van der Waals surface area contributed by atoms with E-state index >= 15 is 0 Å². The average molecular weight is 419 g/mol. The summed E-state index contributed by atoms with van der Waals surface area (Å²) in [6, 6.07) is 0.0487. The first kappa shape index (κ1) is 22.0. The summed E-state index contributed by atoms with van der Waals surface area (Å²) in [5.74, 6) is 1.05. The van der Waals surface area contributed by atoms with E-state index in [1.165, 1.54) is 0 Å². The van der Waals surface area contributed by atoms with Crippen molar-refractivity contribution in [1.82, 2.24) is 19.8 Å². The SMILES string of the molecule is Cc1sc2nc(C(C)C)n(C3CCCN(CC(=O)NC(C)(C)C)C3)c(=O)c2c1C. The van der Waals surface area contributed by atoms with E-state index in [4.69, 9.17) is 4.98 Å². The third-order valence-corrected chi connectivity index (χ3v) is 6.61. The van der Waals surface area contributed by atoms with Gasteiger partial charge in [0.1, 0.15) is 10.7 Å². The summed E-state index contributed by atoms with van der Waals surface area (Å²) in [4.78, 5) is 35.0. The van der Waals surface area contributed by atoms with Gasteiger partial charge in [0.15, 0.2) is 0 Å². The highest BCUT2D eigenvalue weighted by molar-refractivity contribution is 7.18. The molecule has 3 heterocycles. The summed E-state index contributed by atoms with van der Waals surface area (Å²) < 4.78 is 1.93. The Morgan fingerprint density at radius 1 is 1.31 bits per heavy atom. The van der Waals surface area contributed by atoms with Crippen LogP contribution in [0.3, 0.4) is 0 Å². The van der Waals surface area contributed by atoms with E-state index in [-0.39, 0.29) is 29.0 Å². The van der Waals surface area contributed by atoms with Gasteiger partial charge < -0.3 is 5.32 Å². The smallest absolute Gasteiger partial charge is 0.262 e. The second kappa shape index (κ2) is 8.19. The fourth-order valence-corrected chi connectivity index (χ4v) is 5.16. The molecular formula is C22H34N4O2S. The minimum Gasteiger partial charge on any atom is -0.350 e.